The van der Waals surface area contributed by atoms with Gasteiger partial charge in [-0.1, -0.05) is 24.3 Å². The molecule has 3 heteroatoms. The van der Waals surface area contributed by atoms with Crippen LogP contribution in [0.4, 0.5) is 0 Å². The van der Waals surface area contributed by atoms with E-state index < -0.39 is 0 Å². The molecule has 0 bridgehead atoms. The molecule has 0 atom stereocenters. The molecule has 0 N–H and O–H groups in total. The molecule has 0 radical (unpaired) electrons. The second kappa shape index (κ2) is 3.67. The van der Waals surface area contributed by atoms with Crippen LogP contribution < -0.4 is 4.57 Å². The Labute approximate surface area is 144 Å². The minimum atomic E-state index is -0.389. The van der Waals surface area contributed by atoms with E-state index in [1.165, 1.54) is 38.6 Å². The van der Waals surface area contributed by atoms with Gasteiger partial charge >= 0.3 is 5.79 Å². The summed E-state index contributed by atoms with van der Waals surface area (Å²) in [6.07, 6.45) is 6.69. The number of rotatable bonds is 0. The van der Waals surface area contributed by atoms with Gasteiger partial charge in [0.15, 0.2) is 6.20 Å². The summed E-state index contributed by atoms with van der Waals surface area (Å²) in [7, 11) is 0. The van der Waals surface area contributed by atoms with Crippen molar-refractivity contribution >= 4 is 21.8 Å². The largest absolute Gasteiger partial charge is 0.362 e. The third-order valence-corrected chi connectivity index (χ3v) is 5.93. The molecule has 5 aromatic rings. The number of fused-ring (bicyclic) bond motifs is 7. The van der Waals surface area contributed by atoms with Crippen molar-refractivity contribution in [2.75, 3.05) is 0 Å². The molecule has 0 amide bonds. The number of pyridine rings is 1. The number of nitrogens with zero attached hydrogens (tertiary/aromatic N) is 3. The highest BCUT2D eigenvalue weighted by atomic mass is 15.5. The van der Waals surface area contributed by atoms with Gasteiger partial charge in [-0.25, -0.2) is 0 Å². The fourth-order valence-electron chi connectivity index (χ4n) is 5.04. The van der Waals surface area contributed by atoms with Gasteiger partial charge in [0.25, 0.3) is 0 Å². The van der Waals surface area contributed by atoms with Crippen molar-refractivity contribution in [1.82, 2.24) is 9.13 Å². The van der Waals surface area contributed by atoms with Crippen molar-refractivity contribution in [1.29, 1.82) is 0 Å². The fourth-order valence-corrected chi connectivity index (χ4v) is 5.04. The molecule has 2 aromatic carbocycles. The lowest BCUT2D eigenvalue weighted by Gasteiger charge is -2.25. The Morgan fingerprint density at radius 1 is 0.680 bits per heavy atom. The summed E-state index contributed by atoms with van der Waals surface area (Å²) in [4.78, 5) is 0. The molecule has 2 aliphatic rings. The predicted octanol–water partition coefficient (Wildman–Crippen LogP) is 3.93. The highest BCUT2D eigenvalue weighted by Gasteiger charge is 2.58. The Kier molecular flexibility index (Phi) is 1.78. The summed E-state index contributed by atoms with van der Waals surface area (Å²) in [5.74, 6) is -0.389. The van der Waals surface area contributed by atoms with Crippen molar-refractivity contribution in [2.45, 2.75) is 5.79 Å². The summed E-state index contributed by atoms with van der Waals surface area (Å²) in [5, 5.41) is 2.60. The molecule has 5 heterocycles. The summed E-state index contributed by atoms with van der Waals surface area (Å²) >= 11 is 0. The molecule has 7 rings (SSSR count). The van der Waals surface area contributed by atoms with Gasteiger partial charge in [-0.05, 0) is 30.3 Å². The van der Waals surface area contributed by atoms with Gasteiger partial charge in [0.2, 0.25) is 5.69 Å². The van der Waals surface area contributed by atoms with E-state index in [-0.39, 0.29) is 5.79 Å². The van der Waals surface area contributed by atoms with Crippen LogP contribution in [-0.2, 0) is 5.79 Å². The minimum absolute atomic E-state index is 0.389. The van der Waals surface area contributed by atoms with Crippen LogP contribution >= 0.6 is 0 Å². The molecule has 0 fully saturated rings. The van der Waals surface area contributed by atoms with Gasteiger partial charge in [-0.2, -0.15) is 0 Å². The summed E-state index contributed by atoms with van der Waals surface area (Å²) in [6, 6.07) is 24.2. The lowest BCUT2D eigenvalue weighted by atomic mass is 10.0. The second-order valence-electron chi connectivity index (χ2n) is 6.95. The first-order chi connectivity index (χ1) is 12.4. The van der Waals surface area contributed by atoms with Crippen molar-refractivity contribution in [3.8, 4) is 11.3 Å². The van der Waals surface area contributed by atoms with Gasteiger partial charge in [-0.15, -0.1) is 4.57 Å². The molecule has 3 aromatic heterocycles. The fraction of sp³-hybridized carbons (Fsp3) is 0.0455. The van der Waals surface area contributed by atoms with Crippen LogP contribution in [0.2, 0.25) is 0 Å². The molecule has 25 heavy (non-hydrogen) atoms. The van der Waals surface area contributed by atoms with Crippen molar-refractivity contribution in [3.05, 3.63) is 90.9 Å². The zero-order valence-electron chi connectivity index (χ0n) is 13.4. The molecule has 2 aliphatic heterocycles. The smallest absolute Gasteiger partial charge is 0.262 e. The number of hydrogen-bond donors (Lipinski definition) is 0. The molecule has 3 nitrogen and oxygen atoms in total. The van der Waals surface area contributed by atoms with Crippen LogP contribution in [0.5, 0.6) is 0 Å². The number of hydrogen-bond acceptors (Lipinski definition) is 0. The van der Waals surface area contributed by atoms with E-state index in [0.717, 1.165) is 0 Å². The molecular formula is C22H14N3+. The topological polar surface area (TPSA) is 13.7 Å². The molecular weight excluding hydrogens is 306 g/mol. The number of benzene rings is 2. The van der Waals surface area contributed by atoms with E-state index >= 15 is 0 Å². The van der Waals surface area contributed by atoms with Crippen molar-refractivity contribution in [2.24, 2.45) is 0 Å². The molecule has 116 valence electrons. The van der Waals surface area contributed by atoms with Crippen LogP contribution in [-0.4, -0.2) is 9.13 Å². The highest BCUT2D eigenvalue weighted by molar-refractivity contribution is 6.06. The van der Waals surface area contributed by atoms with Crippen LogP contribution in [0.15, 0.2) is 85.3 Å². The van der Waals surface area contributed by atoms with E-state index in [2.05, 4.69) is 99.0 Å². The van der Waals surface area contributed by atoms with Crippen molar-refractivity contribution < 1.29 is 4.57 Å². The van der Waals surface area contributed by atoms with E-state index in [1.807, 2.05) is 0 Å². The monoisotopic (exact) mass is 320 g/mol. The summed E-state index contributed by atoms with van der Waals surface area (Å²) < 4.78 is 7.30. The van der Waals surface area contributed by atoms with Crippen LogP contribution in [0, 0.1) is 0 Å². The SMILES string of the molecule is c1ccc2c(c1)-c1cccc[n+]1C21n2ccc3ccc4ccn1c4c32. The van der Waals surface area contributed by atoms with E-state index in [1.54, 1.807) is 0 Å². The summed E-state index contributed by atoms with van der Waals surface area (Å²) in [5.41, 5.74) is 6.53. The van der Waals surface area contributed by atoms with Gasteiger partial charge in [-0.3, -0.25) is 9.13 Å². The maximum Gasteiger partial charge on any atom is 0.362 e. The van der Waals surface area contributed by atoms with Crippen molar-refractivity contribution in [3.63, 3.8) is 0 Å². The molecule has 0 saturated carbocycles. The Hall–Kier alpha value is -3.33. The van der Waals surface area contributed by atoms with E-state index in [0.29, 0.717) is 0 Å². The first-order valence-corrected chi connectivity index (χ1v) is 8.64. The average Bonchev–Trinajstić information content (AvgIpc) is 3.38. The zero-order chi connectivity index (χ0) is 16.2. The second-order valence-corrected chi connectivity index (χ2v) is 6.95. The Balaban J connectivity index is 1.80. The van der Waals surface area contributed by atoms with Gasteiger partial charge in [0, 0.05) is 35.3 Å². The molecule has 0 aliphatic carbocycles. The lowest BCUT2D eigenvalue weighted by Crippen LogP contribution is -2.61. The number of aromatic nitrogens is 3. The van der Waals surface area contributed by atoms with Gasteiger partial charge in [0.05, 0.1) is 22.2 Å². The maximum absolute atomic E-state index is 2.44. The first kappa shape index (κ1) is 12.1. The van der Waals surface area contributed by atoms with E-state index in [4.69, 9.17) is 0 Å². The van der Waals surface area contributed by atoms with E-state index in [9.17, 15) is 0 Å². The standard InChI is InChI=1S/C22H14N3/c1-2-6-18-17(5-1)19-7-3-4-12-23(19)22(18)24-13-10-15-8-9-16-11-14-25(22)21(16)20(15)24/h1-14H/q+1. The third-order valence-electron chi connectivity index (χ3n) is 5.93. The van der Waals surface area contributed by atoms with Crippen LogP contribution in [0.1, 0.15) is 5.56 Å². The average molecular weight is 320 g/mol. The molecule has 0 saturated heterocycles. The summed E-state index contributed by atoms with van der Waals surface area (Å²) in [6.45, 7) is 0. The molecule has 1 spiro atoms. The Morgan fingerprint density at radius 2 is 1.36 bits per heavy atom. The quantitative estimate of drug-likeness (QED) is 0.376. The minimum Gasteiger partial charge on any atom is -0.262 e. The van der Waals surface area contributed by atoms with Gasteiger partial charge in [0.1, 0.15) is 0 Å². The van der Waals surface area contributed by atoms with Gasteiger partial charge < -0.3 is 0 Å². The van der Waals surface area contributed by atoms with Crippen LogP contribution in [0.25, 0.3) is 33.1 Å². The first-order valence-electron chi connectivity index (χ1n) is 8.64. The molecule has 0 unspecified atom stereocenters. The predicted molar refractivity (Wildman–Crippen MR) is 97.4 cm³/mol. The highest BCUT2D eigenvalue weighted by Crippen LogP contribution is 2.47. The lowest BCUT2D eigenvalue weighted by molar-refractivity contribution is -0.749. The van der Waals surface area contributed by atoms with Crippen LogP contribution in [0.3, 0.4) is 0 Å². The Bertz CT molecular complexity index is 1250. The third kappa shape index (κ3) is 1.08. The maximum atomic E-state index is 2.44. The Morgan fingerprint density at radius 3 is 2.12 bits per heavy atom. The zero-order valence-corrected chi connectivity index (χ0v) is 13.4. The normalized spacial score (nSPS) is 15.5.